The number of benzene rings is 1. The van der Waals surface area contributed by atoms with Crippen LogP contribution >= 0.6 is 11.3 Å². The van der Waals surface area contributed by atoms with Gasteiger partial charge in [0.2, 0.25) is 0 Å². The summed E-state index contributed by atoms with van der Waals surface area (Å²) in [6, 6.07) is 5.30. The van der Waals surface area contributed by atoms with E-state index in [1.807, 2.05) is 0 Å². The average molecular weight is 297 g/mol. The second-order valence-corrected chi connectivity index (χ2v) is 6.11. The molecule has 2 rings (SSSR count). The highest BCUT2D eigenvalue weighted by Crippen LogP contribution is 2.21. The Morgan fingerprint density at radius 3 is 2.60 bits per heavy atom. The molecule has 108 valence electrons. The maximum absolute atomic E-state index is 13.5. The molecule has 0 fully saturated rings. The molecular weight excluding hydrogens is 280 g/mol. The molecule has 1 aromatic heterocycles. The molecule has 2 nitrogen and oxygen atoms in total. The van der Waals surface area contributed by atoms with Crippen LogP contribution in [0.4, 0.5) is 8.78 Å². The number of halogens is 2. The van der Waals surface area contributed by atoms with Crippen molar-refractivity contribution in [1.82, 2.24) is 5.32 Å². The van der Waals surface area contributed by atoms with Gasteiger partial charge < -0.3 is 10.4 Å². The zero-order valence-corrected chi connectivity index (χ0v) is 12.2. The van der Waals surface area contributed by atoms with Gasteiger partial charge in [0.05, 0.1) is 6.10 Å². The van der Waals surface area contributed by atoms with Crippen LogP contribution in [-0.4, -0.2) is 11.7 Å². The van der Waals surface area contributed by atoms with Crippen molar-refractivity contribution in [3.05, 3.63) is 56.8 Å². The van der Waals surface area contributed by atoms with Gasteiger partial charge >= 0.3 is 0 Å². The van der Waals surface area contributed by atoms with E-state index in [2.05, 4.69) is 25.2 Å². The first-order chi connectivity index (χ1) is 9.47. The number of rotatable bonds is 5. The van der Waals surface area contributed by atoms with Crippen LogP contribution in [0.1, 0.15) is 27.0 Å². The molecule has 0 aliphatic rings. The molecule has 1 aromatic carbocycles. The minimum atomic E-state index is -0.988. The summed E-state index contributed by atoms with van der Waals surface area (Å²) >= 11 is 1.70. The Bertz CT molecular complexity index is 578. The lowest BCUT2D eigenvalue weighted by Crippen LogP contribution is -2.21. The minimum Gasteiger partial charge on any atom is -0.387 e. The predicted molar refractivity (Wildman–Crippen MR) is 76.8 cm³/mol. The number of nitrogens with one attached hydrogen (secondary N) is 1. The largest absolute Gasteiger partial charge is 0.387 e. The van der Waals surface area contributed by atoms with Crippen molar-refractivity contribution in [2.24, 2.45) is 0 Å². The number of hydrogen-bond acceptors (Lipinski definition) is 3. The lowest BCUT2D eigenvalue weighted by Gasteiger charge is -2.12. The Balaban J connectivity index is 1.90. The van der Waals surface area contributed by atoms with Gasteiger partial charge in [0.15, 0.2) is 0 Å². The molecule has 5 heteroatoms. The van der Waals surface area contributed by atoms with Crippen LogP contribution in [-0.2, 0) is 6.54 Å². The first-order valence-electron chi connectivity index (χ1n) is 6.37. The van der Waals surface area contributed by atoms with Crippen molar-refractivity contribution >= 4 is 11.3 Å². The van der Waals surface area contributed by atoms with Crippen LogP contribution < -0.4 is 5.32 Å². The lowest BCUT2D eigenvalue weighted by atomic mass is 10.1. The van der Waals surface area contributed by atoms with Gasteiger partial charge in [0.1, 0.15) is 11.6 Å². The van der Waals surface area contributed by atoms with Gasteiger partial charge in [-0.2, -0.15) is 0 Å². The molecule has 0 aliphatic carbocycles. The molecule has 2 aromatic rings. The monoisotopic (exact) mass is 297 g/mol. The standard InChI is InChI=1S/C15H17F2NOS/c1-9-5-12(20-10(9)2)7-18-8-15(19)13-4-3-11(16)6-14(13)17/h3-6,15,18-19H,7-8H2,1-2H3. The van der Waals surface area contributed by atoms with E-state index in [1.54, 1.807) is 11.3 Å². The van der Waals surface area contributed by atoms with Gasteiger partial charge in [-0.15, -0.1) is 11.3 Å². The number of aliphatic hydroxyl groups is 1. The second-order valence-electron chi connectivity index (χ2n) is 4.76. The van der Waals surface area contributed by atoms with Crippen LogP contribution in [0.2, 0.25) is 0 Å². The SMILES string of the molecule is Cc1cc(CNCC(O)c2ccc(F)cc2F)sc1C. The number of hydrogen-bond donors (Lipinski definition) is 2. The molecule has 0 saturated heterocycles. The first kappa shape index (κ1) is 15.1. The van der Waals surface area contributed by atoms with Gasteiger partial charge in [0, 0.05) is 34.5 Å². The van der Waals surface area contributed by atoms with Crippen molar-refractivity contribution < 1.29 is 13.9 Å². The maximum Gasteiger partial charge on any atom is 0.131 e. The molecule has 20 heavy (non-hydrogen) atoms. The third kappa shape index (κ3) is 3.62. The van der Waals surface area contributed by atoms with Gasteiger partial charge in [-0.05, 0) is 31.5 Å². The van der Waals surface area contributed by atoms with Crippen molar-refractivity contribution in [2.45, 2.75) is 26.5 Å². The normalized spacial score (nSPS) is 12.7. The molecule has 2 N–H and O–H groups in total. The summed E-state index contributed by atoms with van der Waals surface area (Å²) in [4.78, 5) is 2.44. The van der Waals surface area contributed by atoms with Crippen molar-refractivity contribution in [3.63, 3.8) is 0 Å². The predicted octanol–water partition coefficient (Wildman–Crippen LogP) is 3.47. The fraction of sp³-hybridized carbons (Fsp3) is 0.333. The number of aryl methyl sites for hydroxylation is 2. The van der Waals surface area contributed by atoms with Crippen molar-refractivity contribution in [2.75, 3.05) is 6.54 Å². The summed E-state index contributed by atoms with van der Waals surface area (Å²) in [5.74, 6) is -1.36. The van der Waals surface area contributed by atoms with E-state index < -0.39 is 17.7 Å². The number of thiophene rings is 1. The fourth-order valence-electron chi connectivity index (χ4n) is 1.95. The fourth-order valence-corrected chi connectivity index (χ4v) is 2.97. The first-order valence-corrected chi connectivity index (χ1v) is 7.18. The van der Waals surface area contributed by atoms with Crippen molar-refractivity contribution in [3.8, 4) is 0 Å². The van der Waals surface area contributed by atoms with E-state index in [1.165, 1.54) is 21.4 Å². The average Bonchev–Trinajstić information content (AvgIpc) is 2.68. The molecule has 0 saturated carbocycles. The van der Waals surface area contributed by atoms with E-state index in [0.29, 0.717) is 6.54 Å². The Morgan fingerprint density at radius 2 is 2.00 bits per heavy atom. The Morgan fingerprint density at radius 1 is 1.25 bits per heavy atom. The van der Waals surface area contributed by atoms with Crippen molar-refractivity contribution in [1.29, 1.82) is 0 Å². The zero-order chi connectivity index (χ0) is 14.7. The smallest absolute Gasteiger partial charge is 0.131 e. The molecule has 0 bridgehead atoms. The van der Waals surface area contributed by atoms with Gasteiger partial charge in [-0.25, -0.2) is 8.78 Å². The maximum atomic E-state index is 13.5. The van der Waals surface area contributed by atoms with Crippen LogP contribution in [0.25, 0.3) is 0 Å². The Hall–Kier alpha value is -1.30. The summed E-state index contributed by atoms with van der Waals surface area (Å²) in [6.07, 6.45) is -0.988. The molecule has 0 spiro atoms. The molecule has 0 aliphatic heterocycles. The highest BCUT2D eigenvalue weighted by molar-refractivity contribution is 7.12. The topological polar surface area (TPSA) is 32.3 Å². The Kier molecular flexibility index (Phi) is 4.86. The Labute approximate surface area is 121 Å². The van der Waals surface area contributed by atoms with Gasteiger partial charge in [0.25, 0.3) is 0 Å². The third-order valence-corrected chi connectivity index (χ3v) is 4.33. The molecule has 1 heterocycles. The second kappa shape index (κ2) is 6.43. The van der Waals surface area contributed by atoms with Crippen LogP contribution in [0, 0.1) is 25.5 Å². The third-order valence-electron chi connectivity index (χ3n) is 3.18. The lowest BCUT2D eigenvalue weighted by molar-refractivity contribution is 0.169. The molecule has 0 radical (unpaired) electrons. The van der Waals surface area contributed by atoms with E-state index in [4.69, 9.17) is 0 Å². The summed E-state index contributed by atoms with van der Waals surface area (Å²) in [5.41, 5.74) is 1.36. The van der Waals surface area contributed by atoms with E-state index >= 15 is 0 Å². The number of aliphatic hydroxyl groups excluding tert-OH is 1. The van der Waals surface area contributed by atoms with Crippen LogP contribution in [0.5, 0.6) is 0 Å². The summed E-state index contributed by atoms with van der Waals surface area (Å²) in [6.45, 7) is 4.96. The quantitative estimate of drug-likeness (QED) is 0.886. The van der Waals surface area contributed by atoms with E-state index in [9.17, 15) is 13.9 Å². The highest BCUT2D eigenvalue weighted by atomic mass is 32.1. The highest BCUT2D eigenvalue weighted by Gasteiger charge is 2.13. The molecule has 1 atom stereocenters. The molecule has 0 amide bonds. The van der Waals surface area contributed by atoms with Gasteiger partial charge in [-0.1, -0.05) is 6.07 Å². The molecule has 1 unspecified atom stereocenters. The zero-order valence-electron chi connectivity index (χ0n) is 11.4. The summed E-state index contributed by atoms with van der Waals surface area (Å²) in [5, 5.41) is 13.0. The van der Waals surface area contributed by atoms with Crippen LogP contribution in [0.3, 0.4) is 0 Å². The van der Waals surface area contributed by atoms with E-state index in [0.717, 1.165) is 12.1 Å². The van der Waals surface area contributed by atoms with Crippen LogP contribution in [0.15, 0.2) is 24.3 Å². The summed E-state index contributed by atoms with van der Waals surface area (Å²) in [7, 11) is 0. The van der Waals surface area contributed by atoms with E-state index in [-0.39, 0.29) is 12.1 Å². The van der Waals surface area contributed by atoms with Gasteiger partial charge in [-0.3, -0.25) is 0 Å². The summed E-state index contributed by atoms with van der Waals surface area (Å²) < 4.78 is 26.3. The minimum absolute atomic E-state index is 0.109. The molecular formula is C15H17F2NOS.